The Hall–Kier alpha value is -0.320. The molecule has 0 radical (unpaired) electrons. The summed E-state index contributed by atoms with van der Waals surface area (Å²) < 4.78 is 4.69. The first-order valence-electron chi connectivity index (χ1n) is 4.20. The normalized spacial score (nSPS) is 12.5. The number of ether oxygens (including phenoxy) is 1. The molecule has 0 fully saturated rings. The van der Waals surface area contributed by atoms with Gasteiger partial charge >= 0.3 is 0 Å². The van der Waals surface area contributed by atoms with E-state index in [4.69, 9.17) is 21.4 Å². The molecule has 0 aromatic rings. The molecule has 0 heterocycles. The maximum atomic E-state index is 11.0. The molecule has 4 nitrogen and oxygen atoms in total. The average Bonchev–Trinajstić information content (AvgIpc) is 2.12. The summed E-state index contributed by atoms with van der Waals surface area (Å²) >= 11 is 5.41. The molecule has 1 atom stereocenters. The van der Waals surface area contributed by atoms with Crippen molar-refractivity contribution in [1.82, 2.24) is 5.32 Å². The van der Waals surface area contributed by atoms with Crippen LogP contribution in [0.25, 0.3) is 0 Å². The number of aliphatic hydroxyl groups excluding tert-OH is 1. The van der Waals surface area contributed by atoms with Crippen LogP contribution in [0, 0.1) is 0 Å². The molecule has 0 aromatic heterocycles. The van der Waals surface area contributed by atoms with Crippen LogP contribution in [0.4, 0.5) is 0 Å². The van der Waals surface area contributed by atoms with E-state index in [1.54, 1.807) is 0 Å². The van der Waals surface area contributed by atoms with E-state index >= 15 is 0 Å². The minimum absolute atomic E-state index is 0.0872. The van der Waals surface area contributed by atoms with Crippen molar-refractivity contribution in [1.29, 1.82) is 0 Å². The number of rotatable bonds is 7. The molecule has 2 N–H and O–H groups in total. The van der Waals surface area contributed by atoms with Crippen LogP contribution < -0.4 is 5.32 Å². The van der Waals surface area contributed by atoms with E-state index < -0.39 is 6.10 Å². The Kier molecular flexibility index (Phi) is 8.08. The summed E-state index contributed by atoms with van der Waals surface area (Å²) in [4.78, 5) is 11.0. The van der Waals surface area contributed by atoms with Crippen LogP contribution in [0.5, 0.6) is 0 Å². The van der Waals surface area contributed by atoms with Gasteiger partial charge in [0.2, 0.25) is 5.91 Å². The van der Waals surface area contributed by atoms with Gasteiger partial charge in [0.1, 0.15) is 0 Å². The molecule has 0 saturated heterocycles. The third-order valence-corrected chi connectivity index (χ3v) is 1.70. The summed E-state index contributed by atoms with van der Waals surface area (Å²) in [6, 6.07) is 0. The Bertz CT molecular complexity index is 143. The van der Waals surface area contributed by atoms with Gasteiger partial charge in [0.15, 0.2) is 0 Å². The first-order valence-corrected chi connectivity index (χ1v) is 4.73. The van der Waals surface area contributed by atoms with Crippen LogP contribution in [0.1, 0.15) is 12.8 Å². The lowest BCUT2D eigenvalue weighted by Gasteiger charge is -2.10. The van der Waals surface area contributed by atoms with Gasteiger partial charge in [-0.3, -0.25) is 4.79 Å². The van der Waals surface area contributed by atoms with Crippen LogP contribution in [-0.4, -0.2) is 43.3 Å². The summed E-state index contributed by atoms with van der Waals surface area (Å²) in [7, 11) is 1.50. The van der Waals surface area contributed by atoms with Gasteiger partial charge in [-0.15, -0.1) is 11.6 Å². The van der Waals surface area contributed by atoms with E-state index in [1.165, 1.54) is 7.11 Å². The number of nitrogens with one attached hydrogen (secondary N) is 1. The van der Waals surface area contributed by atoms with Gasteiger partial charge in [-0.05, 0) is 6.42 Å². The molecular weight excluding hydrogens is 194 g/mol. The zero-order valence-electron chi connectivity index (χ0n) is 7.75. The second kappa shape index (κ2) is 8.29. The van der Waals surface area contributed by atoms with Crippen LogP contribution in [-0.2, 0) is 9.53 Å². The summed E-state index contributed by atoms with van der Waals surface area (Å²) in [5.41, 5.74) is 0. The van der Waals surface area contributed by atoms with Crippen molar-refractivity contribution in [3.05, 3.63) is 0 Å². The van der Waals surface area contributed by atoms with Crippen molar-refractivity contribution in [3.8, 4) is 0 Å². The quantitative estimate of drug-likeness (QED) is 0.586. The predicted molar refractivity (Wildman–Crippen MR) is 50.8 cm³/mol. The van der Waals surface area contributed by atoms with Crippen LogP contribution in [0.15, 0.2) is 0 Å². The first kappa shape index (κ1) is 12.7. The predicted octanol–water partition coefficient (Wildman–Crippen LogP) is 0.129. The third-order valence-electron chi connectivity index (χ3n) is 1.43. The van der Waals surface area contributed by atoms with E-state index in [0.717, 1.165) is 0 Å². The Labute approximate surface area is 83.2 Å². The largest absolute Gasteiger partial charge is 0.389 e. The minimum Gasteiger partial charge on any atom is -0.389 e. The van der Waals surface area contributed by atoms with Crippen LogP contribution >= 0.6 is 11.6 Å². The van der Waals surface area contributed by atoms with Crippen molar-refractivity contribution in [2.24, 2.45) is 0 Å². The number of aliphatic hydroxyl groups is 1. The van der Waals surface area contributed by atoms with E-state index in [9.17, 15) is 4.79 Å². The number of methoxy groups -OCH3 is 1. The smallest absolute Gasteiger partial charge is 0.220 e. The van der Waals surface area contributed by atoms with Crippen molar-refractivity contribution in [2.75, 3.05) is 26.1 Å². The minimum atomic E-state index is -0.634. The van der Waals surface area contributed by atoms with Crippen molar-refractivity contribution in [3.63, 3.8) is 0 Å². The Morgan fingerprint density at radius 2 is 2.38 bits per heavy atom. The second-order valence-electron chi connectivity index (χ2n) is 2.71. The molecule has 5 heteroatoms. The zero-order valence-corrected chi connectivity index (χ0v) is 8.51. The van der Waals surface area contributed by atoms with Crippen LogP contribution in [0.2, 0.25) is 0 Å². The summed E-state index contributed by atoms with van der Waals surface area (Å²) in [6.45, 7) is 0.463. The average molecular weight is 210 g/mol. The lowest BCUT2D eigenvalue weighted by atomic mass is 10.3. The van der Waals surface area contributed by atoms with Crippen molar-refractivity contribution < 1.29 is 14.6 Å². The fraction of sp³-hybridized carbons (Fsp3) is 0.875. The molecule has 0 aromatic carbocycles. The first-order chi connectivity index (χ1) is 6.20. The third kappa shape index (κ3) is 8.02. The Balaban J connectivity index is 3.34. The molecule has 13 heavy (non-hydrogen) atoms. The molecule has 0 aliphatic carbocycles. The monoisotopic (exact) mass is 209 g/mol. The van der Waals surface area contributed by atoms with Gasteiger partial charge in [-0.1, -0.05) is 0 Å². The molecule has 0 bridgehead atoms. The van der Waals surface area contributed by atoms with Gasteiger partial charge in [-0.25, -0.2) is 0 Å². The number of hydrogen-bond acceptors (Lipinski definition) is 3. The number of hydrogen-bond donors (Lipinski definition) is 2. The summed E-state index contributed by atoms with van der Waals surface area (Å²) in [5, 5.41) is 11.7. The second-order valence-corrected chi connectivity index (χ2v) is 3.08. The molecule has 0 aliphatic rings. The van der Waals surface area contributed by atoms with Gasteiger partial charge in [-0.2, -0.15) is 0 Å². The van der Waals surface area contributed by atoms with Gasteiger partial charge in [0.05, 0.1) is 12.7 Å². The summed E-state index contributed by atoms with van der Waals surface area (Å²) in [5.74, 6) is 0.393. The molecule has 0 aliphatic heterocycles. The molecule has 0 rings (SSSR count). The lowest BCUT2D eigenvalue weighted by molar-refractivity contribution is -0.121. The molecule has 1 amide bonds. The van der Waals surface area contributed by atoms with Gasteiger partial charge < -0.3 is 15.2 Å². The fourth-order valence-electron chi connectivity index (χ4n) is 0.799. The number of halogens is 1. The summed E-state index contributed by atoms with van der Waals surface area (Å²) in [6.07, 6.45) is 0.432. The molecule has 78 valence electrons. The van der Waals surface area contributed by atoms with E-state index in [-0.39, 0.29) is 19.1 Å². The van der Waals surface area contributed by atoms with Gasteiger partial charge in [0.25, 0.3) is 0 Å². The molecule has 1 unspecified atom stereocenters. The number of amides is 1. The number of carbonyl (C=O) groups is 1. The standard InChI is InChI=1S/C8H16ClNO3/c1-13-6-7(11)5-10-8(12)3-2-4-9/h7,11H,2-6H2,1H3,(H,10,12). The Morgan fingerprint density at radius 3 is 2.92 bits per heavy atom. The van der Waals surface area contributed by atoms with E-state index in [1.807, 2.05) is 0 Å². The number of alkyl halides is 1. The molecule has 0 spiro atoms. The molecule has 0 saturated carbocycles. The maximum absolute atomic E-state index is 11.0. The molecular formula is C8H16ClNO3. The Morgan fingerprint density at radius 1 is 1.69 bits per heavy atom. The number of carbonyl (C=O) groups excluding carboxylic acids is 1. The SMILES string of the molecule is COCC(O)CNC(=O)CCCCl. The highest BCUT2D eigenvalue weighted by Gasteiger charge is 2.05. The zero-order chi connectivity index (χ0) is 10.1. The van der Waals surface area contributed by atoms with E-state index in [2.05, 4.69) is 5.32 Å². The van der Waals surface area contributed by atoms with Crippen LogP contribution in [0.3, 0.4) is 0 Å². The van der Waals surface area contributed by atoms with Crippen molar-refractivity contribution in [2.45, 2.75) is 18.9 Å². The van der Waals surface area contributed by atoms with Crippen molar-refractivity contribution >= 4 is 17.5 Å². The fourth-order valence-corrected chi connectivity index (χ4v) is 0.932. The maximum Gasteiger partial charge on any atom is 0.220 e. The lowest BCUT2D eigenvalue weighted by Crippen LogP contribution is -2.34. The highest BCUT2D eigenvalue weighted by Crippen LogP contribution is 1.91. The topological polar surface area (TPSA) is 58.6 Å². The van der Waals surface area contributed by atoms with E-state index in [0.29, 0.717) is 18.7 Å². The van der Waals surface area contributed by atoms with Gasteiger partial charge in [0, 0.05) is 26.0 Å². The highest BCUT2D eigenvalue weighted by molar-refractivity contribution is 6.17. The highest BCUT2D eigenvalue weighted by atomic mass is 35.5.